The first-order chi connectivity index (χ1) is 26.2. The summed E-state index contributed by atoms with van der Waals surface area (Å²) in [7, 11) is -0.710. The standard InChI is InChI=1S/3C15H18NP.CO.Rh.3H/c3*16-12-7-13-17(14-8-3-1-4-9-14)15-10-5-2-6-11-15;1-2;;;;/h3*1-6,8-11H,7,12-13,16H2;;;;;/q;;;;+3;3*-1. The first-order valence-electron chi connectivity index (χ1n) is 18.2. The van der Waals surface area contributed by atoms with Gasteiger partial charge in [-0.25, -0.2) is 0 Å². The largest absolute Gasteiger partial charge is 3.00 e. The Hall–Kier alpha value is -3.22. The number of rotatable bonds is 15. The van der Waals surface area contributed by atoms with E-state index >= 15 is 0 Å². The Morgan fingerprint density at radius 1 is 0.333 bits per heavy atom. The molecule has 0 amide bonds. The molecule has 0 saturated carbocycles. The van der Waals surface area contributed by atoms with Crippen molar-refractivity contribution in [2.24, 2.45) is 17.2 Å². The van der Waals surface area contributed by atoms with Crippen LogP contribution in [0.25, 0.3) is 0 Å². The maximum atomic E-state index is 7.50. The van der Waals surface area contributed by atoms with E-state index in [0.717, 1.165) is 38.9 Å². The number of hydrogen-bond donors (Lipinski definition) is 3. The first-order valence-corrected chi connectivity index (χ1v) is 22.8. The predicted octanol–water partition coefficient (Wildman–Crippen LogP) is 7.34. The van der Waals surface area contributed by atoms with E-state index in [-0.39, 0.29) is 47.5 Å². The van der Waals surface area contributed by atoms with Crippen molar-refractivity contribution in [1.82, 2.24) is 0 Å². The fourth-order valence-electron chi connectivity index (χ4n) is 5.62. The number of nitrogens with two attached hydrogens (primary N) is 3. The molecule has 286 valence electrons. The normalized spacial score (nSPS) is 10.2. The third-order valence-corrected chi connectivity index (χ3v) is 16.0. The van der Waals surface area contributed by atoms with Crippen molar-refractivity contribution < 1.29 is 28.6 Å². The van der Waals surface area contributed by atoms with Gasteiger partial charge in [-0.15, -0.1) is 0 Å². The molecule has 0 unspecified atom stereocenters. The molecule has 0 bridgehead atoms. The van der Waals surface area contributed by atoms with Crippen LogP contribution in [-0.4, -0.2) is 44.9 Å². The molecule has 0 saturated heterocycles. The Bertz CT molecular complexity index is 1420. The minimum absolute atomic E-state index is 0. The van der Waals surface area contributed by atoms with Crippen molar-refractivity contribution in [3.63, 3.8) is 0 Å². The Kier molecular flexibility index (Phi) is 26.1. The van der Waals surface area contributed by atoms with Crippen LogP contribution in [0.4, 0.5) is 0 Å². The van der Waals surface area contributed by atoms with Crippen molar-refractivity contribution >= 4 is 62.4 Å². The topological polar surface area (TPSA) is 95.1 Å². The summed E-state index contributed by atoms with van der Waals surface area (Å²) < 4.78 is 0. The minimum atomic E-state index is -0.237. The van der Waals surface area contributed by atoms with E-state index in [1.165, 1.54) is 50.3 Å². The Morgan fingerprint density at radius 2 is 0.481 bits per heavy atom. The van der Waals surface area contributed by atoms with Crippen LogP contribution >= 0.6 is 23.8 Å². The third kappa shape index (κ3) is 17.1. The van der Waals surface area contributed by atoms with Crippen LogP contribution in [0.1, 0.15) is 23.5 Å². The van der Waals surface area contributed by atoms with Crippen molar-refractivity contribution in [3.8, 4) is 0 Å². The van der Waals surface area contributed by atoms with Gasteiger partial charge in [0.15, 0.2) is 0 Å². The second kappa shape index (κ2) is 30.1. The van der Waals surface area contributed by atoms with Gasteiger partial charge in [0.2, 0.25) is 0 Å². The Labute approximate surface area is 345 Å². The molecule has 0 heterocycles. The monoisotopic (exact) mass is 863 g/mol. The molecule has 0 fully saturated rings. The van der Waals surface area contributed by atoms with Gasteiger partial charge in [-0.2, -0.15) is 0 Å². The molecule has 2 radical (unpaired) electrons. The molecule has 0 aliphatic carbocycles. The summed E-state index contributed by atoms with van der Waals surface area (Å²) in [5, 5.41) is 8.68. The van der Waals surface area contributed by atoms with Gasteiger partial charge >= 0.3 is 19.5 Å². The van der Waals surface area contributed by atoms with Gasteiger partial charge in [-0.05, 0) is 113 Å². The molecule has 8 heteroatoms. The molecular weight excluding hydrogens is 806 g/mol. The molecule has 6 aromatic carbocycles. The zero-order valence-electron chi connectivity index (χ0n) is 34.0. The van der Waals surface area contributed by atoms with Gasteiger partial charge in [0, 0.05) is 0 Å². The summed E-state index contributed by atoms with van der Waals surface area (Å²) >= 11 is 0. The average molecular weight is 864 g/mol. The second-order valence-electron chi connectivity index (χ2n) is 11.9. The molecule has 4 nitrogen and oxygen atoms in total. The molecule has 0 atom stereocenters. The maximum absolute atomic E-state index is 7.50. The Morgan fingerprint density at radius 3 is 0.611 bits per heavy atom. The van der Waals surface area contributed by atoms with Gasteiger partial charge in [0.1, 0.15) is 0 Å². The fourth-order valence-corrected chi connectivity index (χ4v) is 12.7. The summed E-state index contributed by atoms with van der Waals surface area (Å²) in [4.78, 5) is 7.50. The van der Waals surface area contributed by atoms with Crippen LogP contribution in [0, 0.1) is 0 Å². The smallest absolute Gasteiger partial charge is 1.00 e. The van der Waals surface area contributed by atoms with Gasteiger partial charge in [-0.3, -0.25) is 4.79 Å². The van der Waals surface area contributed by atoms with E-state index in [9.17, 15) is 0 Å². The average Bonchev–Trinajstić information content (AvgIpc) is 3.25. The van der Waals surface area contributed by atoms with Gasteiger partial charge in [0.05, 0.1) is 0 Å². The molecule has 0 spiro atoms. The number of benzene rings is 6. The van der Waals surface area contributed by atoms with Crippen LogP contribution in [0.5, 0.6) is 0 Å². The zero-order valence-corrected chi connectivity index (χ0v) is 35.3. The molecule has 0 aliphatic rings. The third-order valence-electron chi connectivity index (χ3n) is 8.16. The van der Waals surface area contributed by atoms with Crippen molar-refractivity contribution in [2.45, 2.75) is 19.3 Å². The van der Waals surface area contributed by atoms with Crippen LogP contribution < -0.4 is 49.0 Å². The molecule has 54 heavy (non-hydrogen) atoms. The molecule has 0 aromatic heterocycles. The van der Waals surface area contributed by atoms with Crippen LogP contribution in [0.15, 0.2) is 182 Å². The van der Waals surface area contributed by atoms with E-state index in [2.05, 4.69) is 189 Å². The molecule has 6 rings (SSSR count). The summed E-state index contributed by atoms with van der Waals surface area (Å²) in [5.74, 6) is 0. The molecule has 0 aliphatic heterocycles. The minimum Gasteiger partial charge on any atom is -1.00 e. The number of hydrogen-bond acceptors (Lipinski definition) is 4. The quantitative estimate of drug-likeness (QED) is 0.0745. The second-order valence-corrected chi connectivity index (χ2v) is 18.9. The Balaban J connectivity index is 0. The van der Waals surface area contributed by atoms with Gasteiger partial charge in [-0.1, -0.05) is 182 Å². The summed E-state index contributed by atoms with van der Waals surface area (Å²) in [6, 6.07) is 64.7. The van der Waals surface area contributed by atoms with E-state index in [0.29, 0.717) is 0 Å². The summed E-state index contributed by atoms with van der Waals surface area (Å²) in [6.07, 6.45) is 6.82. The van der Waals surface area contributed by atoms with Crippen molar-refractivity contribution in [1.29, 1.82) is 0 Å². The van der Waals surface area contributed by atoms with Gasteiger partial charge in [0.25, 0.3) is 6.79 Å². The fraction of sp³-hybridized carbons (Fsp3) is 0.196. The van der Waals surface area contributed by atoms with E-state index in [4.69, 9.17) is 22.0 Å². The van der Waals surface area contributed by atoms with E-state index in [1.54, 1.807) is 0 Å². The maximum Gasteiger partial charge on any atom is 3.00 e. The van der Waals surface area contributed by atoms with Crippen LogP contribution in [0.3, 0.4) is 0 Å². The molecule has 6 N–H and O–H groups in total. The summed E-state index contributed by atoms with van der Waals surface area (Å²) in [6.45, 7) is 6.83. The van der Waals surface area contributed by atoms with Crippen LogP contribution in [0.2, 0.25) is 0 Å². The van der Waals surface area contributed by atoms with Crippen LogP contribution in [-0.2, 0) is 24.3 Å². The summed E-state index contributed by atoms with van der Waals surface area (Å²) in [5.41, 5.74) is 16.9. The first kappa shape index (κ1) is 46.9. The van der Waals surface area contributed by atoms with Gasteiger partial charge < -0.3 is 21.5 Å². The van der Waals surface area contributed by atoms with Crippen molar-refractivity contribution in [2.75, 3.05) is 38.1 Å². The SMILES string of the molecule is NCCCP(c1ccccc1)c1ccccc1.NCCCP(c1ccccc1)c1ccccc1.NCCCP(c1ccccc1)c1ccccc1.[C]=O.[H-].[H-].[H-].[Rh+3]. The number of carbonyl (C=O) groups excluding carboxylic acids is 1. The molecule has 6 aromatic rings. The van der Waals surface area contributed by atoms with E-state index < -0.39 is 0 Å². The predicted molar refractivity (Wildman–Crippen MR) is 242 cm³/mol. The zero-order chi connectivity index (χ0) is 37.8. The van der Waals surface area contributed by atoms with Crippen molar-refractivity contribution in [3.05, 3.63) is 182 Å². The molecular formula is C46H57N3OP3Rh. The van der Waals surface area contributed by atoms with E-state index in [1.807, 2.05) is 0 Å².